The first-order valence-electron chi connectivity index (χ1n) is 9.55. The molecular formula is C21H20ClN3O4S. The van der Waals surface area contributed by atoms with Crippen molar-refractivity contribution in [1.29, 1.82) is 0 Å². The summed E-state index contributed by atoms with van der Waals surface area (Å²) in [5.41, 5.74) is 0.978. The van der Waals surface area contributed by atoms with Crippen molar-refractivity contribution >= 4 is 44.6 Å². The molecule has 1 aromatic heterocycles. The van der Waals surface area contributed by atoms with E-state index < -0.39 is 4.92 Å². The molecule has 2 heterocycles. The molecule has 1 amide bonds. The van der Waals surface area contributed by atoms with Gasteiger partial charge in [-0.25, -0.2) is 0 Å². The number of carbonyl (C=O) groups excluding carboxylic acids is 1. The Labute approximate surface area is 182 Å². The summed E-state index contributed by atoms with van der Waals surface area (Å²) in [5, 5.41) is 15.4. The van der Waals surface area contributed by atoms with Crippen LogP contribution in [0.3, 0.4) is 0 Å². The lowest BCUT2D eigenvalue weighted by Crippen LogP contribution is -2.43. The second-order valence-corrected chi connectivity index (χ2v) is 8.48. The van der Waals surface area contributed by atoms with Gasteiger partial charge in [0.05, 0.1) is 29.1 Å². The number of hydrogen-bond acceptors (Lipinski definition) is 6. The Kier molecular flexibility index (Phi) is 6.29. The van der Waals surface area contributed by atoms with Gasteiger partial charge >= 0.3 is 0 Å². The maximum atomic E-state index is 12.8. The third kappa shape index (κ3) is 4.46. The van der Waals surface area contributed by atoms with Crippen molar-refractivity contribution in [3.63, 3.8) is 0 Å². The maximum absolute atomic E-state index is 12.8. The topological polar surface area (TPSA) is 84.7 Å². The highest BCUT2D eigenvalue weighted by Crippen LogP contribution is 2.30. The molecule has 0 aliphatic carbocycles. The fraction of sp³-hybridized carbons (Fsp3) is 0.286. The molecule has 1 unspecified atom stereocenters. The number of nitrogens with zero attached hydrogens (tertiary/aromatic N) is 2. The second-order valence-electron chi connectivity index (χ2n) is 6.99. The number of fused-ring (bicyclic) bond motifs is 1. The number of benzene rings is 2. The first kappa shape index (κ1) is 20.7. The van der Waals surface area contributed by atoms with Gasteiger partial charge in [0.1, 0.15) is 0 Å². The van der Waals surface area contributed by atoms with Gasteiger partial charge in [-0.3, -0.25) is 19.8 Å². The first-order valence-corrected chi connectivity index (χ1v) is 10.7. The highest BCUT2D eigenvalue weighted by molar-refractivity contribution is 7.20. The highest BCUT2D eigenvalue weighted by Gasteiger charge is 2.25. The largest absolute Gasteiger partial charge is 0.379 e. The molecule has 2 aromatic carbocycles. The number of nitro groups is 1. The lowest BCUT2D eigenvalue weighted by atomic mass is 10.0. The number of halogens is 1. The van der Waals surface area contributed by atoms with E-state index in [0.29, 0.717) is 35.0 Å². The highest BCUT2D eigenvalue weighted by atomic mass is 35.5. The van der Waals surface area contributed by atoms with Gasteiger partial charge in [0.25, 0.3) is 11.6 Å². The van der Waals surface area contributed by atoms with Gasteiger partial charge in [-0.1, -0.05) is 29.8 Å². The van der Waals surface area contributed by atoms with E-state index in [4.69, 9.17) is 16.3 Å². The van der Waals surface area contributed by atoms with E-state index in [9.17, 15) is 14.9 Å². The average Bonchev–Trinajstić information content (AvgIpc) is 3.19. The Hall–Kier alpha value is -2.52. The molecule has 0 bridgehead atoms. The number of thiophene rings is 1. The lowest BCUT2D eigenvalue weighted by Gasteiger charge is -2.35. The SMILES string of the molecule is O=C(NCC(c1ccccc1Cl)N1CCOCC1)c1cc2cc([N+](=O)[O-])ccc2s1. The van der Waals surface area contributed by atoms with Crippen LogP contribution in [0.2, 0.25) is 5.02 Å². The minimum Gasteiger partial charge on any atom is -0.379 e. The Morgan fingerprint density at radius 2 is 2.00 bits per heavy atom. The van der Waals surface area contributed by atoms with Gasteiger partial charge in [-0.15, -0.1) is 11.3 Å². The predicted molar refractivity (Wildman–Crippen MR) is 117 cm³/mol. The summed E-state index contributed by atoms with van der Waals surface area (Å²) in [6.07, 6.45) is 0. The lowest BCUT2D eigenvalue weighted by molar-refractivity contribution is -0.384. The molecule has 30 heavy (non-hydrogen) atoms. The van der Waals surface area contributed by atoms with Crippen LogP contribution in [0, 0.1) is 10.1 Å². The number of carbonyl (C=O) groups is 1. The number of hydrogen-bond donors (Lipinski definition) is 1. The average molecular weight is 446 g/mol. The molecule has 0 spiro atoms. The minimum atomic E-state index is -0.437. The van der Waals surface area contributed by atoms with Crippen molar-refractivity contribution < 1.29 is 14.5 Å². The summed E-state index contributed by atoms with van der Waals surface area (Å²) in [5.74, 6) is -0.204. The van der Waals surface area contributed by atoms with Gasteiger partial charge in [0.2, 0.25) is 0 Å². The van der Waals surface area contributed by atoms with E-state index in [0.717, 1.165) is 23.4 Å². The van der Waals surface area contributed by atoms with Crippen LogP contribution in [0.5, 0.6) is 0 Å². The van der Waals surface area contributed by atoms with Crippen molar-refractivity contribution in [2.24, 2.45) is 0 Å². The number of nitrogens with one attached hydrogen (secondary N) is 1. The molecule has 1 atom stereocenters. The number of non-ortho nitro benzene ring substituents is 1. The van der Waals surface area contributed by atoms with E-state index in [-0.39, 0.29) is 17.6 Å². The van der Waals surface area contributed by atoms with Crippen LogP contribution in [0.4, 0.5) is 5.69 Å². The Morgan fingerprint density at radius 3 is 2.73 bits per heavy atom. The predicted octanol–water partition coefficient (Wildman–Crippen LogP) is 4.27. The van der Waals surface area contributed by atoms with E-state index >= 15 is 0 Å². The summed E-state index contributed by atoms with van der Waals surface area (Å²) >= 11 is 7.76. The molecule has 4 rings (SSSR count). The molecule has 1 saturated heterocycles. The van der Waals surface area contributed by atoms with Crippen molar-refractivity contribution in [2.45, 2.75) is 6.04 Å². The van der Waals surface area contributed by atoms with Crippen LogP contribution in [0.1, 0.15) is 21.3 Å². The normalized spacial score (nSPS) is 15.8. The Balaban J connectivity index is 1.53. The van der Waals surface area contributed by atoms with Gasteiger partial charge in [-0.05, 0) is 23.8 Å². The van der Waals surface area contributed by atoms with Crippen LogP contribution in [-0.4, -0.2) is 48.6 Å². The van der Waals surface area contributed by atoms with Crippen LogP contribution < -0.4 is 5.32 Å². The van der Waals surface area contributed by atoms with Crippen molar-refractivity contribution in [1.82, 2.24) is 10.2 Å². The van der Waals surface area contributed by atoms with Gasteiger partial charge in [-0.2, -0.15) is 0 Å². The summed E-state index contributed by atoms with van der Waals surface area (Å²) in [6.45, 7) is 3.21. The first-order chi connectivity index (χ1) is 14.5. The van der Waals surface area contributed by atoms with Crippen LogP contribution in [0.25, 0.3) is 10.1 Å². The quantitative estimate of drug-likeness (QED) is 0.452. The molecule has 0 radical (unpaired) electrons. The summed E-state index contributed by atoms with van der Waals surface area (Å²) in [7, 11) is 0. The van der Waals surface area contributed by atoms with Crippen LogP contribution in [0.15, 0.2) is 48.5 Å². The Morgan fingerprint density at radius 1 is 1.23 bits per heavy atom. The molecule has 1 aliphatic heterocycles. The molecule has 9 heteroatoms. The number of rotatable bonds is 6. The van der Waals surface area contributed by atoms with E-state index in [1.54, 1.807) is 12.1 Å². The van der Waals surface area contributed by atoms with E-state index in [1.807, 2.05) is 24.3 Å². The maximum Gasteiger partial charge on any atom is 0.270 e. The third-order valence-electron chi connectivity index (χ3n) is 5.14. The van der Waals surface area contributed by atoms with Gasteiger partial charge < -0.3 is 10.1 Å². The summed E-state index contributed by atoms with van der Waals surface area (Å²) < 4.78 is 6.30. The molecule has 1 N–H and O–H groups in total. The zero-order valence-corrected chi connectivity index (χ0v) is 17.6. The van der Waals surface area contributed by atoms with Gasteiger partial charge in [0.15, 0.2) is 0 Å². The van der Waals surface area contributed by atoms with Crippen molar-refractivity contribution in [3.8, 4) is 0 Å². The second kappa shape index (κ2) is 9.09. The smallest absolute Gasteiger partial charge is 0.270 e. The fourth-order valence-corrected chi connectivity index (χ4v) is 4.82. The van der Waals surface area contributed by atoms with Crippen LogP contribution in [-0.2, 0) is 4.74 Å². The molecule has 1 fully saturated rings. The van der Waals surface area contributed by atoms with Crippen LogP contribution >= 0.6 is 22.9 Å². The number of amides is 1. The summed E-state index contributed by atoms with van der Waals surface area (Å²) in [6, 6.07) is 13.9. The van der Waals surface area contributed by atoms with E-state index in [1.165, 1.54) is 23.5 Å². The minimum absolute atomic E-state index is 0.0124. The molecule has 156 valence electrons. The monoisotopic (exact) mass is 445 g/mol. The van der Waals surface area contributed by atoms with E-state index in [2.05, 4.69) is 10.2 Å². The summed E-state index contributed by atoms with van der Waals surface area (Å²) in [4.78, 5) is 26.2. The molecule has 3 aromatic rings. The van der Waals surface area contributed by atoms with Crippen molar-refractivity contribution in [2.75, 3.05) is 32.8 Å². The van der Waals surface area contributed by atoms with Crippen molar-refractivity contribution in [3.05, 3.63) is 74.1 Å². The number of ether oxygens (including phenoxy) is 1. The van der Waals surface area contributed by atoms with Gasteiger partial charge in [0, 0.05) is 46.9 Å². The molecule has 1 aliphatic rings. The zero-order valence-electron chi connectivity index (χ0n) is 16.0. The standard InChI is InChI=1S/C21H20ClN3O4S/c22-17-4-2-1-3-16(17)18(24-7-9-29-10-8-24)13-23-21(26)20-12-14-11-15(25(27)28)5-6-19(14)30-20/h1-6,11-12,18H,7-10,13H2,(H,23,26). The molecule has 7 nitrogen and oxygen atoms in total. The number of nitro benzene ring substituents is 1. The molecule has 0 saturated carbocycles. The third-order valence-corrected chi connectivity index (χ3v) is 6.60. The fourth-order valence-electron chi connectivity index (χ4n) is 3.60. The Bertz CT molecular complexity index is 1080. The number of morpholine rings is 1. The zero-order chi connectivity index (χ0) is 21.1. The molecular weight excluding hydrogens is 426 g/mol.